The number of hydrogen-bond acceptors (Lipinski definition) is 4. The average Bonchev–Trinajstić information content (AvgIpc) is 2.88. The Bertz CT molecular complexity index is 1340. The van der Waals surface area contributed by atoms with Gasteiger partial charge >= 0.3 is 0 Å². The number of carbonyl (C=O) groups is 1. The van der Waals surface area contributed by atoms with Crippen LogP contribution >= 0.6 is 0 Å². The van der Waals surface area contributed by atoms with Gasteiger partial charge in [-0.3, -0.25) is 4.79 Å². The summed E-state index contributed by atoms with van der Waals surface area (Å²) in [6.07, 6.45) is 4.65. The highest BCUT2D eigenvalue weighted by Crippen LogP contribution is 2.39. The zero-order valence-electron chi connectivity index (χ0n) is 19.1. The van der Waals surface area contributed by atoms with Crippen molar-refractivity contribution in [1.29, 1.82) is 0 Å². The highest BCUT2D eigenvalue weighted by molar-refractivity contribution is 5.92. The molecule has 0 spiro atoms. The number of hydrogen-bond donors (Lipinski definition) is 2. The van der Waals surface area contributed by atoms with Crippen molar-refractivity contribution in [3.63, 3.8) is 0 Å². The Morgan fingerprint density at radius 3 is 2.28 bits per heavy atom. The normalized spacial score (nSPS) is 15.4. The van der Waals surface area contributed by atoms with Gasteiger partial charge in [-0.2, -0.15) is 0 Å². The summed E-state index contributed by atoms with van der Waals surface area (Å²) in [4.78, 5) is 22.3. The lowest BCUT2D eigenvalue weighted by atomic mass is 9.85. The molecule has 2 N–H and O–H groups in total. The second-order valence-corrected chi connectivity index (χ2v) is 9.20. The summed E-state index contributed by atoms with van der Waals surface area (Å²) in [5.41, 5.74) is 2.34. The number of carbonyl (C=O) groups excluding carboxylic acids is 1. The molecule has 0 bridgehead atoms. The van der Waals surface area contributed by atoms with Gasteiger partial charge in [-0.15, -0.1) is 0 Å². The summed E-state index contributed by atoms with van der Waals surface area (Å²) >= 11 is 0. The van der Waals surface area contributed by atoms with Crippen molar-refractivity contribution in [2.45, 2.75) is 57.3 Å². The fourth-order valence-electron chi connectivity index (χ4n) is 5.04. The van der Waals surface area contributed by atoms with E-state index < -0.39 is 47.0 Å². The van der Waals surface area contributed by atoms with Crippen LogP contribution in [0.25, 0.3) is 11.3 Å². The van der Waals surface area contributed by atoms with Gasteiger partial charge in [0.05, 0.1) is 23.5 Å². The molecule has 10 heteroatoms. The summed E-state index contributed by atoms with van der Waals surface area (Å²) in [6, 6.07) is 5.01. The molecule has 5 rings (SSSR count). The molecule has 0 atom stereocenters. The highest BCUT2D eigenvalue weighted by atomic mass is 19.2. The molecule has 0 radical (unpaired) electrons. The molecular weight excluding hydrogens is 481 g/mol. The summed E-state index contributed by atoms with van der Waals surface area (Å²) in [6.45, 7) is 0. The quantitative estimate of drug-likeness (QED) is 0.265. The Morgan fingerprint density at radius 1 is 0.917 bits per heavy atom. The lowest BCUT2D eigenvalue weighted by Crippen LogP contribution is -2.23. The number of nitrogens with zero attached hydrogens (tertiary/aromatic N) is 2. The van der Waals surface area contributed by atoms with E-state index in [1.54, 1.807) is 18.2 Å². The van der Waals surface area contributed by atoms with Crippen molar-refractivity contribution < 1.29 is 31.9 Å². The molecule has 1 saturated carbocycles. The Morgan fingerprint density at radius 2 is 1.58 bits per heavy atom. The number of benzene rings is 2. The van der Waals surface area contributed by atoms with Crippen molar-refractivity contribution in [3.8, 4) is 17.0 Å². The molecule has 0 aliphatic heterocycles. The maximum Gasteiger partial charge on any atom is 0.230 e. The van der Waals surface area contributed by atoms with Crippen molar-refractivity contribution in [3.05, 3.63) is 69.8 Å². The van der Waals surface area contributed by atoms with Gasteiger partial charge in [0.25, 0.3) is 0 Å². The van der Waals surface area contributed by atoms with Crippen LogP contribution < -0.4 is 5.32 Å². The molecule has 0 saturated heterocycles. The van der Waals surface area contributed by atoms with Gasteiger partial charge < -0.3 is 10.4 Å². The first kappa shape index (κ1) is 24.1. The van der Waals surface area contributed by atoms with E-state index in [1.807, 2.05) is 0 Å². The third-order valence-corrected chi connectivity index (χ3v) is 6.86. The second kappa shape index (κ2) is 9.48. The van der Waals surface area contributed by atoms with E-state index in [1.165, 1.54) is 0 Å². The molecule has 5 nitrogen and oxygen atoms in total. The average molecular weight is 503 g/mol. The van der Waals surface area contributed by atoms with Crippen LogP contribution in [0.2, 0.25) is 0 Å². The summed E-state index contributed by atoms with van der Waals surface area (Å²) < 4.78 is 68.8. The molecule has 1 heterocycles. The Hall–Kier alpha value is -3.56. The molecule has 1 amide bonds. The zero-order chi connectivity index (χ0) is 25.6. The number of aryl methyl sites for hydroxylation is 2. The van der Waals surface area contributed by atoms with Crippen molar-refractivity contribution in [1.82, 2.24) is 9.97 Å². The van der Waals surface area contributed by atoms with E-state index in [4.69, 9.17) is 4.98 Å². The Labute approximate surface area is 203 Å². The first-order chi connectivity index (χ1) is 17.2. The largest absolute Gasteiger partial charge is 0.508 e. The standard InChI is InChI=1S/C26H22F5N3O2/c27-19-16(20(28)22(30)23(31)21(19)29)11-18(36)33-26-24(12-4-2-1-3-5-12)34-25-15-8-7-14(35)10-13(15)6-9-17(25)32-26/h7-8,10,12,35H,1-6,9,11H2,(H,32,33,36). The summed E-state index contributed by atoms with van der Waals surface area (Å²) in [7, 11) is 0. The van der Waals surface area contributed by atoms with Gasteiger partial charge in [0.15, 0.2) is 29.1 Å². The molecule has 0 unspecified atom stereocenters. The number of phenols is 1. The first-order valence-corrected chi connectivity index (χ1v) is 11.8. The highest BCUT2D eigenvalue weighted by Gasteiger charge is 2.30. The van der Waals surface area contributed by atoms with Gasteiger partial charge in [-0.05, 0) is 49.4 Å². The van der Waals surface area contributed by atoms with E-state index >= 15 is 0 Å². The van der Waals surface area contributed by atoms with Crippen LogP contribution in [-0.2, 0) is 24.1 Å². The van der Waals surface area contributed by atoms with Crippen LogP contribution in [0.15, 0.2) is 18.2 Å². The fourth-order valence-corrected chi connectivity index (χ4v) is 5.04. The molecular formula is C26H22F5N3O2. The van der Waals surface area contributed by atoms with Crippen LogP contribution in [0.1, 0.15) is 60.5 Å². The number of amides is 1. The topological polar surface area (TPSA) is 75.1 Å². The summed E-state index contributed by atoms with van der Waals surface area (Å²) in [5.74, 6) is -11.2. The maximum absolute atomic E-state index is 14.1. The molecule has 36 heavy (non-hydrogen) atoms. The smallest absolute Gasteiger partial charge is 0.230 e. The summed E-state index contributed by atoms with van der Waals surface area (Å²) in [5, 5.41) is 12.4. The van der Waals surface area contributed by atoms with Crippen molar-refractivity contribution in [2.24, 2.45) is 0 Å². The van der Waals surface area contributed by atoms with Gasteiger partial charge in [-0.1, -0.05) is 19.3 Å². The third kappa shape index (κ3) is 4.29. The number of halogens is 5. The molecule has 1 fully saturated rings. The first-order valence-electron chi connectivity index (χ1n) is 11.8. The molecule has 1 aromatic heterocycles. The van der Waals surface area contributed by atoms with Gasteiger partial charge in [-0.25, -0.2) is 31.9 Å². The van der Waals surface area contributed by atoms with E-state index in [0.29, 0.717) is 29.9 Å². The van der Waals surface area contributed by atoms with Gasteiger partial charge in [0.1, 0.15) is 5.75 Å². The molecule has 2 aliphatic rings. The van der Waals surface area contributed by atoms with Crippen LogP contribution in [0.4, 0.5) is 27.8 Å². The number of aromatic hydroxyl groups is 1. The van der Waals surface area contributed by atoms with Crippen LogP contribution in [-0.4, -0.2) is 21.0 Å². The van der Waals surface area contributed by atoms with Gasteiger partial charge in [0, 0.05) is 17.0 Å². The van der Waals surface area contributed by atoms with Crippen molar-refractivity contribution in [2.75, 3.05) is 5.32 Å². The SMILES string of the molecule is O=C(Cc1c(F)c(F)c(F)c(F)c1F)Nc1nc2c(nc1C1CCCCC1)-c1ccc(O)cc1CC2. The van der Waals surface area contributed by atoms with Crippen LogP contribution in [0.5, 0.6) is 5.75 Å². The number of fused-ring (bicyclic) bond motifs is 3. The minimum Gasteiger partial charge on any atom is -0.508 e. The number of rotatable bonds is 4. The monoisotopic (exact) mass is 503 g/mol. The third-order valence-electron chi connectivity index (χ3n) is 6.86. The minimum atomic E-state index is -2.28. The number of aromatic nitrogens is 2. The molecule has 2 aromatic carbocycles. The Balaban J connectivity index is 1.51. The Kier molecular flexibility index (Phi) is 6.36. The van der Waals surface area contributed by atoms with E-state index in [-0.39, 0.29) is 17.5 Å². The van der Waals surface area contributed by atoms with E-state index in [2.05, 4.69) is 10.3 Å². The molecule has 2 aliphatic carbocycles. The maximum atomic E-state index is 14.1. The lowest BCUT2D eigenvalue weighted by Gasteiger charge is -2.26. The number of anilines is 1. The minimum absolute atomic E-state index is 0.0106. The fraction of sp³-hybridized carbons (Fsp3) is 0.346. The van der Waals surface area contributed by atoms with Crippen molar-refractivity contribution >= 4 is 11.7 Å². The molecule has 188 valence electrons. The van der Waals surface area contributed by atoms with E-state index in [0.717, 1.165) is 43.2 Å². The predicted molar refractivity (Wildman–Crippen MR) is 121 cm³/mol. The van der Waals surface area contributed by atoms with Crippen LogP contribution in [0.3, 0.4) is 0 Å². The van der Waals surface area contributed by atoms with Gasteiger partial charge in [0.2, 0.25) is 11.7 Å². The second-order valence-electron chi connectivity index (χ2n) is 9.20. The number of phenolic OH excluding ortho intramolecular Hbond substituents is 1. The predicted octanol–water partition coefficient (Wildman–Crippen LogP) is 5.87. The molecule has 3 aromatic rings. The zero-order valence-corrected chi connectivity index (χ0v) is 19.1. The van der Waals surface area contributed by atoms with E-state index in [9.17, 15) is 31.9 Å². The number of nitrogens with one attached hydrogen (secondary N) is 1. The van der Waals surface area contributed by atoms with Crippen LogP contribution in [0, 0.1) is 29.1 Å². The lowest BCUT2D eigenvalue weighted by molar-refractivity contribution is -0.115.